The predicted octanol–water partition coefficient (Wildman–Crippen LogP) is 3.39. The van der Waals surface area contributed by atoms with E-state index >= 15 is 0 Å². The number of ether oxygens (including phenoxy) is 1. The van der Waals surface area contributed by atoms with Gasteiger partial charge in [-0.1, -0.05) is 30.3 Å². The average molecular weight is 559 g/mol. The molecule has 1 aromatic rings. The first-order valence-electron chi connectivity index (χ1n) is 10.9. The predicted molar refractivity (Wildman–Crippen MR) is 138 cm³/mol. The lowest BCUT2D eigenvalue weighted by atomic mass is 10.1. The van der Waals surface area contributed by atoms with Crippen molar-refractivity contribution < 1.29 is 14.3 Å². The summed E-state index contributed by atoms with van der Waals surface area (Å²) in [7, 11) is 3.43. The summed E-state index contributed by atoms with van der Waals surface area (Å²) in [6.07, 6.45) is 1.47. The normalized spacial score (nSPS) is 17.6. The second-order valence-corrected chi connectivity index (χ2v) is 9.14. The van der Waals surface area contributed by atoms with E-state index < -0.39 is 5.60 Å². The Morgan fingerprint density at radius 1 is 1.25 bits per heavy atom. The third-order valence-electron chi connectivity index (χ3n) is 4.94. The van der Waals surface area contributed by atoms with Crippen LogP contribution in [0.5, 0.6) is 0 Å². The standard InChI is InChI=1S/C23H37N5O3.HI/c1-17(18-11-8-7-9-12-18)25-21(24-15-20(29)27(5)6)26-19-13-10-14-28(16-19)22(30)31-23(2,3)4;/h7-9,11-12,17,19H,10,13-16H2,1-6H3,(H2,24,25,26);1H. The zero-order valence-corrected chi connectivity index (χ0v) is 22.4. The lowest BCUT2D eigenvalue weighted by molar-refractivity contribution is -0.127. The lowest BCUT2D eigenvalue weighted by Crippen LogP contribution is -2.53. The second kappa shape index (κ2) is 12.9. The smallest absolute Gasteiger partial charge is 0.410 e. The van der Waals surface area contributed by atoms with Crippen LogP contribution in [0.15, 0.2) is 35.3 Å². The zero-order chi connectivity index (χ0) is 23.0. The molecule has 2 rings (SSSR count). The summed E-state index contributed by atoms with van der Waals surface area (Å²) < 4.78 is 5.52. The topological polar surface area (TPSA) is 86.3 Å². The summed E-state index contributed by atoms with van der Waals surface area (Å²) in [4.78, 5) is 32.3. The fourth-order valence-electron chi connectivity index (χ4n) is 3.23. The number of aliphatic imine (C=N–C) groups is 1. The molecule has 0 radical (unpaired) electrons. The SMILES string of the molecule is CC(NC(=NCC(=O)N(C)C)NC1CCCN(C(=O)OC(C)(C)C)C1)c1ccccc1.I. The highest BCUT2D eigenvalue weighted by atomic mass is 127. The van der Waals surface area contributed by atoms with Gasteiger partial charge in [-0.3, -0.25) is 4.79 Å². The lowest BCUT2D eigenvalue weighted by Gasteiger charge is -2.35. The molecular weight excluding hydrogens is 521 g/mol. The molecule has 1 aromatic carbocycles. The Morgan fingerprint density at radius 3 is 2.50 bits per heavy atom. The summed E-state index contributed by atoms with van der Waals surface area (Å²) in [6.45, 7) is 8.90. The first-order valence-corrected chi connectivity index (χ1v) is 10.9. The maximum atomic E-state index is 12.5. The third-order valence-corrected chi connectivity index (χ3v) is 4.94. The number of carbonyl (C=O) groups excluding carboxylic acids is 2. The van der Waals surface area contributed by atoms with Crippen LogP contribution in [0, 0.1) is 0 Å². The Hall–Kier alpha value is -2.04. The van der Waals surface area contributed by atoms with Crippen LogP contribution in [0.25, 0.3) is 0 Å². The number of guanidine groups is 1. The molecule has 2 atom stereocenters. The average Bonchev–Trinajstić information content (AvgIpc) is 2.71. The molecule has 1 saturated heterocycles. The molecule has 0 saturated carbocycles. The molecule has 1 aliphatic heterocycles. The Bertz CT molecular complexity index is 765. The molecule has 0 bridgehead atoms. The van der Waals surface area contributed by atoms with E-state index in [2.05, 4.69) is 15.6 Å². The molecule has 2 amide bonds. The number of nitrogens with zero attached hydrogens (tertiary/aromatic N) is 3. The summed E-state index contributed by atoms with van der Waals surface area (Å²) in [5, 5.41) is 6.81. The Labute approximate surface area is 209 Å². The van der Waals surface area contributed by atoms with Crippen LogP contribution in [0.4, 0.5) is 4.79 Å². The third kappa shape index (κ3) is 9.62. The van der Waals surface area contributed by atoms with Crippen molar-refractivity contribution in [2.24, 2.45) is 4.99 Å². The number of hydrogen-bond donors (Lipinski definition) is 2. The number of likely N-dealkylation sites (N-methyl/N-ethyl adjacent to an activating group) is 1. The Morgan fingerprint density at radius 2 is 1.91 bits per heavy atom. The highest BCUT2D eigenvalue weighted by molar-refractivity contribution is 14.0. The van der Waals surface area contributed by atoms with Crippen LogP contribution in [0.1, 0.15) is 52.1 Å². The molecule has 32 heavy (non-hydrogen) atoms. The van der Waals surface area contributed by atoms with Gasteiger partial charge in [0, 0.05) is 33.2 Å². The van der Waals surface area contributed by atoms with Gasteiger partial charge >= 0.3 is 6.09 Å². The summed E-state index contributed by atoms with van der Waals surface area (Å²) in [5.74, 6) is 0.482. The van der Waals surface area contributed by atoms with Crippen molar-refractivity contribution >= 4 is 41.9 Å². The van der Waals surface area contributed by atoms with Crippen molar-refractivity contribution in [2.75, 3.05) is 33.7 Å². The maximum Gasteiger partial charge on any atom is 0.410 e. The largest absolute Gasteiger partial charge is 0.444 e. The molecule has 2 unspecified atom stereocenters. The van der Waals surface area contributed by atoms with E-state index in [1.807, 2.05) is 58.0 Å². The van der Waals surface area contributed by atoms with E-state index in [1.54, 1.807) is 19.0 Å². The molecule has 1 aliphatic rings. The van der Waals surface area contributed by atoms with Gasteiger partial charge in [-0.2, -0.15) is 0 Å². The van der Waals surface area contributed by atoms with Crippen molar-refractivity contribution in [2.45, 2.75) is 58.2 Å². The second-order valence-electron chi connectivity index (χ2n) is 9.14. The van der Waals surface area contributed by atoms with Gasteiger partial charge in [0.15, 0.2) is 5.96 Å². The zero-order valence-electron chi connectivity index (χ0n) is 20.1. The van der Waals surface area contributed by atoms with E-state index in [0.29, 0.717) is 19.0 Å². The number of piperidine rings is 1. The number of amides is 2. The van der Waals surface area contributed by atoms with Gasteiger partial charge in [0.2, 0.25) is 5.91 Å². The molecule has 0 spiro atoms. The molecule has 0 aliphatic carbocycles. The molecule has 1 heterocycles. The minimum atomic E-state index is -0.525. The van der Waals surface area contributed by atoms with Crippen LogP contribution in [-0.4, -0.2) is 73.1 Å². The highest BCUT2D eigenvalue weighted by Crippen LogP contribution is 2.16. The summed E-state index contributed by atoms with van der Waals surface area (Å²) in [5.41, 5.74) is 0.596. The minimum absolute atomic E-state index is 0. The van der Waals surface area contributed by atoms with Crippen molar-refractivity contribution in [3.8, 4) is 0 Å². The van der Waals surface area contributed by atoms with Gasteiger partial charge < -0.3 is 25.2 Å². The summed E-state index contributed by atoms with van der Waals surface area (Å²) in [6, 6.07) is 10.1. The minimum Gasteiger partial charge on any atom is -0.444 e. The number of halogens is 1. The van der Waals surface area contributed by atoms with Gasteiger partial charge in [0.05, 0.1) is 6.04 Å². The number of benzene rings is 1. The van der Waals surface area contributed by atoms with E-state index in [4.69, 9.17) is 4.74 Å². The molecule has 180 valence electrons. The summed E-state index contributed by atoms with van der Waals surface area (Å²) >= 11 is 0. The molecule has 1 fully saturated rings. The fraction of sp³-hybridized carbons (Fsp3) is 0.609. The molecule has 9 heteroatoms. The van der Waals surface area contributed by atoms with Crippen molar-refractivity contribution in [1.82, 2.24) is 20.4 Å². The Balaban J connectivity index is 0.00000512. The van der Waals surface area contributed by atoms with Crippen molar-refractivity contribution in [3.05, 3.63) is 35.9 Å². The van der Waals surface area contributed by atoms with Crippen LogP contribution >= 0.6 is 24.0 Å². The number of rotatable bonds is 5. The van der Waals surface area contributed by atoms with Crippen LogP contribution in [0.3, 0.4) is 0 Å². The van der Waals surface area contributed by atoms with Gasteiger partial charge in [-0.05, 0) is 46.1 Å². The van der Waals surface area contributed by atoms with Gasteiger partial charge in [-0.15, -0.1) is 24.0 Å². The van der Waals surface area contributed by atoms with E-state index in [1.165, 1.54) is 4.90 Å². The van der Waals surface area contributed by atoms with Crippen LogP contribution in [0.2, 0.25) is 0 Å². The molecule has 8 nitrogen and oxygen atoms in total. The van der Waals surface area contributed by atoms with Gasteiger partial charge in [-0.25, -0.2) is 9.79 Å². The maximum absolute atomic E-state index is 12.5. The number of carbonyl (C=O) groups is 2. The monoisotopic (exact) mass is 559 g/mol. The number of likely N-dealkylation sites (tertiary alicyclic amines) is 1. The first-order chi connectivity index (χ1) is 14.5. The van der Waals surface area contributed by atoms with Crippen LogP contribution in [-0.2, 0) is 9.53 Å². The van der Waals surface area contributed by atoms with E-state index in [-0.39, 0.29) is 54.6 Å². The van der Waals surface area contributed by atoms with Gasteiger partial charge in [0.1, 0.15) is 12.1 Å². The highest BCUT2D eigenvalue weighted by Gasteiger charge is 2.28. The van der Waals surface area contributed by atoms with Crippen LogP contribution < -0.4 is 10.6 Å². The number of nitrogens with one attached hydrogen (secondary N) is 2. The fourth-order valence-corrected chi connectivity index (χ4v) is 3.23. The number of hydrogen-bond acceptors (Lipinski definition) is 4. The molecule has 2 N–H and O–H groups in total. The van der Waals surface area contributed by atoms with Crippen molar-refractivity contribution in [3.63, 3.8) is 0 Å². The molecular formula is C23H38IN5O3. The Kier molecular flexibility index (Phi) is 11.2. The van der Waals surface area contributed by atoms with E-state index in [0.717, 1.165) is 18.4 Å². The molecule has 0 aromatic heterocycles. The van der Waals surface area contributed by atoms with Crippen molar-refractivity contribution in [1.29, 1.82) is 0 Å². The first kappa shape index (κ1) is 28.0. The van der Waals surface area contributed by atoms with E-state index in [9.17, 15) is 9.59 Å². The van der Waals surface area contributed by atoms with Gasteiger partial charge in [0.25, 0.3) is 0 Å². The quantitative estimate of drug-likeness (QED) is 0.328.